The van der Waals surface area contributed by atoms with E-state index in [1.807, 2.05) is 31.2 Å². The van der Waals surface area contributed by atoms with Gasteiger partial charge in [-0.15, -0.1) is 0 Å². The van der Waals surface area contributed by atoms with Gasteiger partial charge in [-0.05, 0) is 37.3 Å². The molecule has 2 atom stereocenters. The molecule has 4 heteroatoms. The van der Waals surface area contributed by atoms with E-state index >= 15 is 0 Å². The molecule has 2 unspecified atom stereocenters. The first-order valence-electron chi connectivity index (χ1n) is 7.23. The summed E-state index contributed by atoms with van der Waals surface area (Å²) in [5.41, 5.74) is 1.95. The molecule has 0 saturated heterocycles. The number of hydrogen-bond donors (Lipinski definition) is 2. The molecule has 108 valence electrons. The summed E-state index contributed by atoms with van der Waals surface area (Å²) in [6.45, 7) is 2.05. The first kappa shape index (κ1) is 14.6. The van der Waals surface area contributed by atoms with Crippen LogP contribution in [0.15, 0.2) is 24.3 Å². The van der Waals surface area contributed by atoms with E-state index in [0.717, 1.165) is 30.5 Å². The van der Waals surface area contributed by atoms with Crippen LogP contribution >= 0.6 is 0 Å². The summed E-state index contributed by atoms with van der Waals surface area (Å²) in [6, 6.07) is 7.75. The van der Waals surface area contributed by atoms with Crippen molar-refractivity contribution in [1.29, 1.82) is 0 Å². The number of rotatable bonds is 4. The van der Waals surface area contributed by atoms with Crippen molar-refractivity contribution in [3.8, 4) is 0 Å². The van der Waals surface area contributed by atoms with Gasteiger partial charge < -0.3 is 10.4 Å². The molecule has 20 heavy (non-hydrogen) atoms. The van der Waals surface area contributed by atoms with Gasteiger partial charge in [0.05, 0.1) is 5.92 Å². The molecule has 2 rings (SSSR count). The Balaban J connectivity index is 2.02. The largest absolute Gasteiger partial charge is 0.481 e. The van der Waals surface area contributed by atoms with Gasteiger partial charge in [0.25, 0.3) is 0 Å². The Morgan fingerprint density at radius 3 is 2.65 bits per heavy atom. The van der Waals surface area contributed by atoms with Gasteiger partial charge >= 0.3 is 5.97 Å². The van der Waals surface area contributed by atoms with Crippen molar-refractivity contribution in [3.05, 3.63) is 29.8 Å². The Hall–Kier alpha value is -1.84. The van der Waals surface area contributed by atoms with E-state index in [4.69, 9.17) is 5.11 Å². The number of benzene rings is 1. The van der Waals surface area contributed by atoms with Gasteiger partial charge in [0.1, 0.15) is 0 Å². The molecule has 1 aromatic rings. The fourth-order valence-electron chi connectivity index (χ4n) is 2.84. The van der Waals surface area contributed by atoms with Crippen LogP contribution in [0, 0.1) is 11.8 Å². The van der Waals surface area contributed by atoms with Crippen LogP contribution in [0.1, 0.15) is 38.2 Å². The minimum Gasteiger partial charge on any atom is -0.481 e. The topological polar surface area (TPSA) is 66.4 Å². The predicted molar refractivity (Wildman–Crippen MR) is 77.5 cm³/mol. The molecule has 1 aromatic carbocycles. The van der Waals surface area contributed by atoms with Crippen LogP contribution < -0.4 is 5.32 Å². The molecule has 1 amide bonds. The molecule has 2 N–H and O–H groups in total. The minimum atomic E-state index is -0.781. The third-order valence-corrected chi connectivity index (χ3v) is 4.05. The van der Waals surface area contributed by atoms with Crippen molar-refractivity contribution in [3.63, 3.8) is 0 Å². The molecule has 0 spiro atoms. The average Bonchev–Trinajstić information content (AvgIpc) is 2.48. The first-order chi connectivity index (χ1) is 9.61. The van der Waals surface area contributed by atoms with Gasteiger partial charge in [0.15, 0.2) is 0 Å². The second kappa shape index (κ2) is 6.55. The molecule has 1 saturated carbocycles. The lowest BCUT2D eigenvalue weighted by Crippen LogP contribution is -2.31. The van der Waals surface area contributed by atoms with E-state index in [1.54, 1.807) is 0 Å². The number of hydrogen-bond acceptors (Lipinski definition) is 2. The number of aryl methyl sites for hydroxylation is 1. The number of carbonyl (C=O) groups excluding carboxylic acids is 1. The van der Waals surface area contributed by atoms with E-state index < -0.39 is 5.97 Å². The second-order valence-electron chi connectivity index (χ2n) is 5.40. The van der Waals surface area contributed by atoms with Crippen molar-refractivity contribution < 1.29 is 14.7 Å². The SMILES string of the molecule is CCc1ccccc1NC(=O)C1CCCC(C(=O)O)C1. The summed E-state index contributed by atoms with van der Waals surface area (Å²) in [5.74, 6) is -1.39. The van der Waals surface area contributed by atoms with Gasteiger partial charge in [0.2, 0.25) is 5.91 Å². The number of carboxylic acid groups (broad SMARTS) is 1. The average molecular weight is 275 g/mol. The van der Waals surface area contributed by atoms with Crippen LogP contribution in [0.5, 0.6) is 0 Å². The molecule has 4 nitrogen and oxygen atoms in total. The van der Waals surface area contributed by atoms with E-state index in [1.165, 1.54) is 0 Å². The van der Waals surface area contributed by atoms with Gasteiger partial charge in [-0.2, -0.15) is 0 Å². The third kappa shape index (κ3) is 3.38. The minimum absolute atomic E-state index is 0.0446. The van der Waals surface area contributed by atoms with E-state index in [2.05, 4.69) is 5.32 Å². The summed E-state index contributed by atoms with van der Waals surface area (Å²) in [5, 5.41) is 12.0. The summed E-state index contributed by atoms with van der Waals surface area (Å²) in [4.78, 5) is 23.3. The Labute approximate surface area is 119 Å². The molecule has 0 radical (unpaired) electrons. The quantitative estimate of drug-likeness (QED) is 0.887. The number of para-hydroxylation sites is 1. The molecule has 0 aliphatic heterocycles. The number of amides is 1. The molecule has 0 bridgehead atoms. The summed E-state index contributed by atoms with van der Waals surface area (Å²) in [6.07, 6.45) is 3.59. The van der Waals surface area contributed by atoms with Crippen molar-refractivity contribution in [2.45, 2.75) is 39.0 Å². The predicted octanol–water partition coefficient (Wildman–Crippen LogP) is 3.08. The Morgan fingerprint density at radius 1 is 1.25 bits per heavy atom. The smallest absolute Gasteiger partial charge is 0.306 e. The van der Waals surface area contributed by atoms with E-state index in [-0.39, 0.29) is 17.7 Å². The highest BCUT2D eigenvalue weighted by Crippen LogP contribution is 2.30. The maximum atomic E-state index is 12.3. The van der Waals surface area contributed by atoms with Crippen LogP contribution in [-0.4, -0.2) is 17.0 Å². The molecular weight excluding hydrogens is 254 g/mol. The van der Waals surface area contributed by atoms with Crippen LogP contribution in [0.25, 0.3) is 0 Å². The Kier molecular flexibility index (Phi) is 4.77. The van der Waals surface area contributed by atoms with E-state index in [9.17, 15) is 9.59 Å². The summed E-state index contributed by atoms with van der Waals surface area (Å²) >= 11 is 0. The number of aliphatic carboxylic acids is 1. The monoisotopic (exact) mass is 275 g/mol. The van der Waals surface area contributed by atoms with E-state index in [0.29, 0.717) is 12.8 Å². The standard InChI is InChI=1S/C16H21NO3/c1-2-11-6-3-4-9-14(11)17-15(18)12-7-5-8-13(10-12)16(19)20/h3-4,6,9,12-13H,2,5,7-8,10H2,1H3,(H,17,18)(H,19,20). The van der Waals surface area contributed by atoms with Gasteiger partial charge in [-0.1, -0.05) is 31.5 Å². The highest BCUT2D eigenvalue weighted by atomic mass is 16.4. The second-order valence-corrected chi connectivity index (χ2v) is 5.40. The van der Waals surface area contributed by atoms with Crippen LogP contribution in [0.3, 0.4) is 0 Å². The van der Waals surface area contributed by atoms with Gasteiger partial charge in [0, 0.05) is 11.6 Å². The number of carbonyl (C=O) groups is 2. The van der Waals surface area contributed by atoms with Crippen molar-refractivity contribution >= 4 is 17.6 Å². The maximum absolute atomic E-state index is 12.3. The molecular formula is C16H21NO3. The number of anilines is 1. The lowest BCUT2D eigenvalue weighted by molar-refractivity contribution is -0.143. The molecule has 0 heterocycles. The summed E-state index contributed by atoms with van der Waals surface area (Å²) < 4.78 is 0. The zero-order valence-corrected chi connectivity index (χ0v) is 11.8. The normalized spacial score (nSPS) is 22.2. The molecule has 1 aliphatic carbocycles. The molecule has 0 aromatic heterocycles. The Bertz CT molecular complexity index is 498. The number of nitrogens with one attached hydrogen (secondary N) is 1. The van der Waals surface area contributed by atoms with Crippen molar-refractivity contribution in [1.82, 2.24) is 0 Å². The van der Waals surface area contributed by atoms with Crippen molar-refractivity contribution in [2.24, 2.45) is 11.8 Å². The first-order valence-corrected chi connectivity index (χ1v) is 7.23. The fourth-order valence-corrected chi connectivity index (χ4v) is 2.84. The highest BCUT2D eigenvalue weighted by Gasteiger charge is 2.31. The van der Waals surface area contributed by atoms with Crippen molar-refractivity contribution in [2.75, 3.05) is 5.32 Å². The van der Waals surface area contributed by atoms with Crippen LogP contribution in [0.2, 0.25) is 0 Å². The number of carboxylic acids is 1. The molecule has 1 fully saturated rings. The summed E-state index contributed by atoms with van der Waals surface area (Å²) in [7, 11) is 0. The zero-order chi connectivity index (χ0) is 14.5. The lowest BCUT2D eigenvalue weighted by Gasteiger charge is -2.26. The van der Waals surface area contributed by atoms with Crippen LogP contribution in [-0.2, 0) is 16.0 Å². The maximum Gasteiger partial charge on any atom is 0.306 e. The zero-order valence-electron chi connectivity index (χ0n) is 11.8. The fraction of sp³-hybridized carbons (Fsp3) is 0.500. The van der Waals surface area contributed by atoms with Gasteiger partial charge in [-0.25, -0.2) is 0 Å². The molecule has 1 aliphatic rings. The van der Waals surface area contributed by atoms with Crippen LogP contribution in [0.4, 0.5) is 5.69 Å². The van der Waals surface area contributed by atoms with Gasteiger partial charge in [-0.3, -0.25) is 9.59 Å². The lowest BCUT2D eigenvalue weighted by atomic mass is 9.81. The Morgan fingerprint density at radius 2 is 1.95 bits per heavy atom. The highest BCUT2D eigenvalue weighted by molar-refractivity contribution is 5.93. The third-order valence-electron chi connectivity index (χ3n) is 4.05.